The first-order chi connectivity index (χ1) is 14.9. The second kappa shape index (κ2) is 8.98. The number of halogens is 3. The van der Waals surface area contributed by atoms with E-state index in [9.17, 15) is 9.90 Å². The van der Waals surface area contributed by atoms with E-state index in [0.717, 1.165) is 11.1 Å². The quantitative estimate of drug-likeness (QED) is 0.404. The molecule has 0 aliphatic heterocycles. The summed E-state index contributed by atoms with van der Waals surface area (Å²) in [5.41, 5.74) is 2.21. The lowest BCUT2D eigenvalue weighted by Gasteiger charge is -2.19. The third-order valence-corrected chi connectivity index (χ3v) is 5.40. The molecule has 0 saturated carbocycles. The van der Waals surface area contributed by atoms with E-state index in [1.165, 1.54) is 23.1 Å². The minimum absolute atomic E-state index is 0.0322. The topological polar surface area (TPSA) is 80.0 Å². The molecule has 0 spiro atoms. The van der Waals surface area contributed by atoms with Crippen molar-refractivity contribution in [2.45, 2.75) is 6.04 Å². The number of benzene rings is 3. The first-order valence-corrected chi connectivity index (χ1v) is 10.3. The SMILES string of the molecule is O=C(NC(c1ccccc1)c1ccc(Cl)cc1)c1ncn(-c2cc(Cl)c(O)c(Cl)c2)n1. The van der Waals surface area contributed by atoms with Gasteiger partial charge in [-0.2, -0.15) is 0 Å². The van der Waals surface area contributed by atoms with E-state index >= 15 is 0 Å². The zero-order valence-corrected chi connectivity index (χ0v) is 18.1. The van der Waals surface area contributed by atoms with Gasteiger partial charge in [0.25, 0.3) is 5.91 Å². The van der Waals surface area contributed by atoms with Crippen LogP contribution in [0, 0.1) is 0 Å². The van der Waals surface area contributed by atoms with E-state index in [0.29, 0.717) is 10.7 Å². The van der Waals surface area contributed by atoms with E-state index in [1.54, 1.807) is 12.1 Å². The molecule has 0 aliphatic rings. The fourth-order valence-corrected chi connectivity index (χ4v) is 3.63. The molecule has 156 valence electrons. The second-order valence-electron chi connectivity index (χ2n) is 6.64. The van der Waals surface area contributed by atoms with Crippen molar-refractivity contribution in [3.05, 3.63) is 105 Å². The highest BCUT2D eigenvalue weighted by atomic mass is 35.5. The normalized spacial score (nSPS) is 11.8. The summed E-state index contributed by atoms with van der Waals surface area (Å²) in [5, 5.41) is 17.6. The maximum absolute atomic E-state index is 12.9. The zero-order valence-electron chi connectivity index (χ0n) is 15.8. The van der Waals surface area contributed by atoms with Gasteiger partial charge in [-0.25, -0.2) is 9.67 Å². The molecular formula is C22H15Cl3N4O2. The molecule has 0 aliphatic carbocycles. The average Bonchev–Trinajstić information content (AvgIpc) is 3.27. The lowest BCUT2D eigenvalue weighted by Crippen LogP contribution is -2.30. The molecule has 0 saturated heterocycles. The Morgan fingerprint density at radius 1 is 0.935 bits per heavy atom. The minimum atomic E-state index is -0.460. The molecule has 4 rings (SSSR count). The monoisotopic (exact) mass is 472 g/mol. The molecule has 1 atom stereocenters. The molecule has 0 radical (unpaired) electrons. The number of nitrogens with one attached hydrogen (secondary N) is 1. The largest absolute Gasteiger partial charge is 0.505 e. The van der Waals surface area contributed by atoms with Crippen LogP contribution in [-0.4, -0.2) is 25.8 Å². The maximum Gasteiger partial charge on any atom is 0.291 e. The summed E-state index contributed by atoms with van der Waals surface area (Å²) in [4.78, 5) is 17.0. The van der Waals surface area contributed by atoms with Gasteiger partial charge in [0.1, 0.15) is 6.33 Å². The lowest BCUT2D eigenvalue weighted by atomic mass is 9.98. The molecule has 9 heteroatoms. The first-order valence-electron chi connectivity index (χ1n) is 9.13. The number of aromatic hydroxyl groups is 1. The Kier molecular flexibility index (Phi) is 6.13. The number of hydrogen-bond donors (Lipinski definition) is 2. The van der Waals surface area contributed by atoms with Gasteiger partial charge in [-0.1, -0.05) is 77.3 Å². The van der Waals surface area contributed by atoms with E-state index in [4.69, 9.17) is 34.8 Å². The Hall–Kier alpha value is -3.06. The van der Waals surface area contributed by atoms with Crippen molar-refractivity contribution in [1.82, 2.24) is 20.1 Å². The van der Waals surface area contributed by atoms with Crippen LogP contribution < -0.4 is 5.32 Å². The minimum Gasteiger partial charge on any atom is -0.505 e. The summed E-state index contributed by atoms with van der Waals surface area (Å²) in [6.07, 6.45) is 1.37. The van der Waals surface area contributed by atoms with Gasteiger partial charge in [0.15, 0.2) is 5.75 Å². The number of phenols is 1. The predicted octanol–water partition coefficient (Wildman–Crippen LogP) is 5.45. The summed E-state index contributed by atoms with van der Waals surface area (Å²) < 4.78 is 1.35. The summed E-state index contributed by atoms with van der Waals surface area (Å²) in [5.74, 6) is -0.715. The number of aromatic nitrogens is 3. The maximum atomic E-state index is 12.9. The summed E-state index contributed by atoms with van der Waals surface area (Å²) in [6, 6.07) is 19.3. The van der Waals surface area contributed by atoms with Gasteiger partial charge < -0.3 is 10.4 Å². The molecule has 6 nitrogen and oxygen atoms in total. The van der Waals surface area contributed by atoms with Crippen molar-refractivity contribution in [2.75, 3.05) is 0 Å². The predicted molar refractivity (Wildman–Crippen MR) is 120 cm³/mol. The highest BCUT2D eigenvalue weighted by Crippen LogP contribution is 2.33. The lowest BCUT2D eigenvalue weighted by molar-refractivity contribution is 0.0932. The van der Waals surface area contributed by atoms with Gasteiger partial charge in [-0.05, 0) is 35.4 Å². The highest BCUT2D eigenvalue weighted by Gasteiger charge is 2.21. The van der Waals surface area contributed by atoms with Crippen molar-refractivity contribution >= 4 is 40.7 Å². The van der Waals surface area contributed by atoms with E-state index in [1.807, 2.05) is 42.5 Å². The Labute approximate surface area is 193 Å². The Morgan fingerprint density at radius 3 is 2.19 bits per heavy atom. The van der Waals surface area contributed by atoms with Crippen LogP contribution in [0.1, 0.15) is 27.8 Å². The van der Waals surface area contributed by atoms with Crippen LogP contribution in [0.15, 0.2) is 73.1 Å². The number of nitrogens with zero attached hydrogens (tertiary/aromatic N) is 3. The third kappa shape index (κ3) is 4.66. The Bertz CT molecular complexity index is 1200. The molecule has 1 unspecified atom stereocenters. The standard InChI is InChI=1S/C22H15Cl3N4O2/c23-15-8-6-14(7-9-15)19(13-4-2-1-3-5-13)27-22(31)21-26-12-29(28-21)16-10-17(24)20(30)18(25)11-16/h1-12,19,30H,(H,27,31). The summed E-state index contributed by atoms with van der Waals surface area (Å²) >= 11 is 18.0. The molecule has 0 fully saturated rings. The van der Waals surface area contributed by atoms with Gasteiger partial charge in [-0.15, -0.1) is 5.10 Å². The second-order valence-corrected chi connectivity index (χ2v) is 7.89. The van der Waals surface area contributed by atoms with E-state index < -0.39 is 11.9 Å². The first kappa shape index (κ1) is 21.2. The zero-order chi connectivity index (χ0) is 22.0. The number of amides is 1. The van der Waals surface area contributed by atoms with Crippen LogP contribution in [0.2, 0.25) is 15.1 Å². The van der Waals surface area contributed by atoms with E-state index in [2.05, 4.69) is 15.4 Å². The van der Waals surface area contributed by atoms with Crippen LogP contribution in [0.5, 0.6) is 5.75 Å². The van der Waals surface area contributed by atoms with Gasteiger partial charge in [-0.3, -0.25) is 4.79 Å². The van der Waals surface area contributed by atoms with Crippen molar-refractivity contribution in [3.63, 3.8) is 0 Å². The van der Waals surface area contributed by atoms with Crippen LogP contribution >= 0.6 is 34.8 Å². The van der Waals surface area contributed by atoms with Crippen LogP contribution in [0.4, 0.5) is 0 Å². The molecular weight excluding hydrogens is 459 g/mol. The van der Waals surface area contributed by atoms with E-state index in [-0.39, 0.29) is 21.6 Å². The Balaban J connectivity index is 1.62. The van der Waals surface area contributed by atoms with Gasteiger partial charge in [0.2, 0.25) is 5.82 Å². The number of rotatable bonds is 5. The van der Waals surface area contributed by atoms with Crippen LogP contribution in [0.3, 0.4) is 0 Å². The van der Waals surface area contributed by atoms with Crippen LogP contribution in [0.25, 0.3) is 5.69 Å². The smallest absolute Gasteiger partial charge is 0.291 e. The molecule has 3 aromatic carbocycles. The summed E-state index contributed by atoms with van der Waals surface area (Å²) in [7, 11) is 0. The fourth-order valence-electron chi connectivity index (χ4n) is 3.03. The number of carbonyl (C=O) groups is 1. The highest BCUT2D eigenvalue weighted by molar-refractivity contribution is 6.37. The third-order valence-electron chi connectivity index (χ3n) is 4.57. The number of hydrogen-bond acceptors (Lipinski definition) is 4. The van der Waals surface area contributed by atoms with Crippen molar-refractivity contribution in [3.8, 4) is 11.4 Å². The molecule has 1 amide bonds. The van der Waals surface area contributed by atoms with Crippen molar-refractivity contribution in [2.24, 2.45) is 0 Å². The molecule has 0 bridgehead atoms. The molecule has 2 N–H and O–H groups in total. The van der Waals surface area contributed by atoms with Crippen molar-refractivity contribution in [1.29, 1.82) is 0 Å². The van der Waals surface area contributed by atoms with Crippen LogP contribution in [-0.2, 0) is 0 Å². The van der Waals surface area contributed by atoms with Gasteiger partial charge >= 0.3 is 0 Å². The van der Waals surface area contributed by atoms with Gasteiger partial charge in [0, 0.05) is 5.02 Å². The molecule has 31 heavy (non-hydrogen) atoms. The fraction of sp³-hybridized carbons (Fsp3) is 0.0455. The molecule has 1 heterocycles. The Morgan fingerprint density at radius 2 is 1.55 bits per heavy atom. The number of carbonyl (C=O) groups excluding carboxylic acids is 1. The summed E-state index contributed by atoms with van der Waals surface area (Å²) in [6.45, 7) is 0. The average molecular weight is 474 g/mol. The van der Waals surface area contributed by atoms with Crippen molar-refractivity contribution < 1.29 is 9.90 Å². The molecule has 1 aromatic heterocycles. The number of phenolic OH excluding ortho intramolecular Hbond substituents is 1. The van der Waals surface area contributed by atoms with Gasteiger partial charge in [0.05, 0.1) is 21.8 Å². The molecule has 4 aromatic rings.